The van der Waals surface area contributed by atoms with Gasteiger partial charge in [-0.2, -0.15) is 0 Å². The van der Waals surface area contributed by atoms with E-state index in [0.29, 0.717) is 0 Å². The van der Waals surface area contributed by atoms with Crippen LogP contribution in [0, 0.1) is 0 Å². The van der Waals surface area contributed by atoms with Crippen LogP contribution >= 0.6 is 32.9 Å². The Bertz CT molecular complexity index is 281. The summed E-state index contributed by atoms with van der Waals surface area (Å²) < 4.78 is 1.15. The molecule has 0 aromatic heterocycles. The molecule has 0 spiro atoms. The summed E-state index contributed by atoms with van der Waals surface area (Å²) in [5, 5.41) is 0. The van der Waals surface area contributed by atoms with Crippen molar-refractivity contribution in [3.05, 3.63) is 42.0 Å². The highest BCUT2D eigenvalue weighted by Crippen LogP contribution is 2.19. The van der Waals surface area contributed by atoms with Crippen molar-refractivity contribution in [2.24, 2.45) is 0 Å². The Morgan fingerprint density at radius 1 is 1.29 bits per heavy atom. The third-order valence-electron chi connectivity index (χ3n) is 1.69. The Morgan fingerprint density at radius 2 is 1.86 bits per heavy atom. The van der Waals surface area contributed by atoms with Crippen LogP contribution in [0.25, 0.3) is 4.48 Å². The molecule has 0 N–H and O–H groups in total. The van der Waals surface area contributed by atoms with Crippen LogP contribution in [0.4, 0.5) is 0 Å². The molecule has 0 atom stereocenters. The molecule has 0 saturated heterocycles. The zero-order valence-electron chi connectivity index (χ0n) is 8.40. The van der Waals surface area contributed by atoms with Crippen LogP contribution in [0.1, 0.15) is 5.56 Å². The maximum absolute atomic E-state index is 3.55. The Balaban J connectivity index is 0.00000169. The smallest absolute Gasteiger partial charge is 0.0220 e. The molecular formula is C11H15Br2N. The average Bonchev–Trinajstić information content (AvgIpc) is 2.15. The monoisotopic (exact) mass is 319 g/mol. The molecule has 0 aliphatic rings. The summed E-state index contributed by atoms with van der Waals surface area (Å²) in [5.41, 5.74) is 1.23. The number of rotatable bonds is 3. The predicted octanol–water partition coefficient (Wildman–Crippen LogP) is 3.56. The molecular weight excluding hydrogens is 306 g/mol. The molecule has 0 heterocycles. The lowest BCUT2D eigenvalue weighted by atomic mass is 10.2. The van der Waals surface area contributed by atoms with Gasteiger partial charge in [0.1, 0.15) is 0 Å². The summed E-state index contributed by atoms with van der Waals surface area (Å²) in [4.78, 5) is 2.13. The second-order valence-corrected chi connectivity index (χ2v) is 4.03. The first-order valence-corrected chi connectivity index (χ1v) is 5.05. The SMILES string of the molecule is Br.CN(C)C/C=C(\Br)c1ccccc1. The molecule has 0 radical (unpaired) electrons. The minimum absolute atomic E-state index is 0. The molecule has 1 aromatic carbocycles. The maximum Gasteiger partial charge on any atom is 0.0220 e. The van der Waals surface area contributed by atoms with Crippen LogP contribution in [0.3, 0.4) is 0 Å². The summed E-state index contributed by atoms with van der Waals surface area (Å²) in [6.07, 6.45) is 2.16. The fourth-order valence-corrected chi connectivity index (χ4v) is 1.39. The molecule has 14 heavy (non-hydrogen) atoms. The van der Waals surface area contributed by atoms with E-state index in [4.69, 9.17) is 0 Å². The Hall–Kier alpha value is -0.120. The second-order valence-electron chi connectivity index (χ2n) is 3.18. The maximum atomic E-state index is 3.55. The molecule has 0 fully saturated rings. The zero-order chi connectivity index (χ0) is 9.68. The standard InChI is InChI=1S/C11H14BrN.BrH/c1-13(2)9-8-11(12)10-6-4-3-5-7-10;/h3-8H,9H2,1-2H3;1H/b11-8-;. The van der Waals surface area contributed by atoms with Crippen LogP contribution in [-0.4, -0.2) is 25.5 Å². The minimum atomic E-state index is 0. The first-order chi connectivity index (χ1) is 6.20. The molecule has 1 aromatic rings. The summed E-state index contributed by atoms with van der Waals surface area (Å²) in [5.74, 6) is 0. The van der Waals surface area contributed by atoms with Crippen molar-refractivity contribution in [1.29, 1.82) is 0 Å². The highest BCUT2D eigenvalue weighted by atomic mass is 79.9. The van der Waals surface area contributed by atoms with Gasteiger partial charge in [0, 0.05) is 11.0 Å². The molecule has 0 bridgehead atoms. The van der Waals surface area contributed by atoms with E-state index in [1.54, 1.807) is 0 Å². The summed E-state index contributed by atoms with van der Waals surface area (Å²) in [6, 6.07) is 10.3. The van der Waals surface area contributed by atoms with Gasteiger partial charge in [-0.3, -0.25) is 0 Å². The largest absolute Gasteiger partial charge is 0.306 e. The minimum Gasteiger partial charge on any atom is -0.306 e. The molecule has 0 aliphatic carbocycles. The number of hydrogen-bond donors (Lipinski definition) is 0. The first-order valence-electron chi connectivity index (χ1n) is 4.26. The van der Waals surface area contributed by atoms with Crippen LogP contribution in [0.15, 0.2) is 36.4 Å². The number of benzene rings is 1. The number of halogens is 2. The van der Waals surface area contributed by atoms with E-state index in [2.05, 4.69) is 53.1 Å². The van der Waals surface area contributed by atoms with Gasteiger partial charge >= 0.3 is 0 Å². The third-order valence-corrected chi connectivity index (χ3v) is 2.47. The summed E-state index contributed by atoms with van der Waals surface area (Å²) in [6.45, 7) is 0.954. The van der Waals surface area contributed by atoms with Gasteiger partial charge in [-0.25, -0.2) is 0 Å². The van der Waals surface area contributed by atoms with Crippen molar-refractivity contribution < 1.29 is 0 Å². The van der Waals surface area contributed by atoms with Crippen LogP contribution in [0.5, 0.6) is 0 Å². The molecule has 1 nitrogen and oxygen atoms in total. The lowest BCUT2D eigenvalue weighted by molar-refractivity contribution is 0.457. The van der Waals surface area contributed by atoms with E-state index in [1.807, 2.05) is 18.2 Å². The fourth-order valence-electron chi connectivity index (χ4n) is 0.978. The van der Waals surface area contributed by atoms with Gasteiger partial charge in [0.15, 0.2) is 0 Å². The summed E-state index contributed by atoms with van der Waals surface area (Å²) >= 11 is 3.55. The molecule has 3 heteroatoms. The molecule has 0 aliphatic heterocycles. The Morgan fingerprint density at radius 3 is 2.36 bits per heavy atom. The van der Waals surface area contributed by atoms with Gasteiger partial charge in [0.25, 0.3) is 0 Å². The quantitative estimate of drug-likeness (QED) is 0.823. The molecule has 0 saturated carbocycles. The van der Waals surface area contributed by atoms with Gasteiger partial charge in [-0.15, -0.1) is 17.0 Å². The van der Waals surface area contributed by atoms with Crippen LogP contribution in [0.2, 0.25) is 0 Å². The van der Waals surface area contributed by atoms with Gasteiger partial charge < -0.3 is 4.90 Å². The van der Waals surface area contributed by atoms with Crippen molar-refractivity contribution in [3.63, 3.8) is 0 Å². The first kappa shape index (κ1) is 13.9. The number of hydrogen-bond acceptors (Lipinski definition) is 1. The number of nitrogens with zero attached hydrogens (tertiary/aromatic N) is 1. The van der Waals surface area contributed by atoms with Gasteiger partial charge in [0.2, 0.25) is 0 Å². The van der Waals surface area contributed by atoms with E-state index in [-0.39, 0.29) is 17.0 Å². The topological polar surface area (TPSA) is 3.24 Å². The van der Waals surface area contributed by atoms with Crippen molar-refractivity contribution in [3.8, 4) is 0 Å². The lowest BCUT2D eigenvalue weighted by Crippen LogP contribution is -2.10. The van der Waals surface area contributed by atoms with E-state index < -0.39 is 0 Å². The zero-order valence-corrected chi connectivity index (χ0v) is 11.7. The van der Waals surface area contributed by atoms with E-state index in [9.17, 15) is 0 Å². The van der Waals surface area contributed by atoms with E-state index in [0.717, 1.165) is 11.0 Å². The predicted molar refractivity (Wildman–Crippen MR) is 72.2 cm³/mol. The molecule has 1 rings (SSSR count). The highest BCUT2D eigenvalue weighted by Gasteiger charge is 1.94. The second kappa shape index (κ2) is 7.21. The Labute approximate surface area is 105 Å². The van der Waals surface area contributed by atoms with Crippen LogP contribution < -0.4 is 0 Å². The van der Waals surface area contributed by atoms with Crippen LogP contribution in [-0.2, 0) is 0 Å². The fraction of sp³-hybridized carbons (Fsp3) is 0.273. The van der Waals surface area contributed by atoms with Crippen molar-refractivity contribution in [2.75, 3.05) is 20.6 Å². The molecule has 0 amide bonds. The third kappa shape index (κ3) is 4.94. The van der Waals surface area contributed by atoms with Crippen molar-refractivity contribution >= 4 is 37.4 Å². The van der Waals surface area contributed by atoms with Gasteiger partial charge in [-0.05, 0) is 19.7 Å². The highest BCUT2D eigenvalue weighted by molar-refractivity contribution is 9.15. The average molecular weight is 321 g/mol. The normalized spacial score (nSPS) is 11.3. The Kier molecular flexibility index (Phi) is 7.15. The van der Waals surface area contributed by atoms with Gasteiger partial charge in [-0.1, -0.05) is 52.3 Å². The molecule has 78 valence electrons. The number of likely N-dealkylation sites (N-methyl/N-ethyl adjacent to an activating group) is 1. The van der Waals surface area contributed by atoms with E-state index >= 15 is 0 Å². The molecule has 0 unspecified atom stereocenters. The van der Waals surface area contributed by atoms with Crippen molar-refractivity contribution in [2.45, 2.75) is 0 Å². The van der Waals surface area contributed by atoms with E-state index in [1.165, 1.54) is 5.56 Å². The van der Waals surface area contributed by atoms with Gasteiger partial charge in [0.05, 0.1) is 0 Å². The summed E-state index contributed by atoms with van der Waals surface area (Å²) in [7, 11) is 4.11. The van der Waals surface area contributed by atoms with Crippen molar-refractivity contribution in [1.82, 2.24) is 4.90 Å². The lowest BCUT2D eigenvalue weighted by Gasteiger charge is -2.05.